The summed E-state index contributed by atoms with van der Waals surface area (Å²) in [6, 6.07) is 1.99. The first-order valence-corrected chi connectivity index (χ1v) is 12.9. The van der Waals surface area contributed by atoms with Crippen LogP contribution in [0.5, 0.6) is 0 Å². The van der Waals surface area contributed by atoms with Gasteiger partial charge in [-0.1, -0.05) is 54.4 Å². The van der Waals surface area contributed by atoms with Gasteiger partial charge in [0.05, 0.1) is 28.3 Å². The van der Waals surface area contributed by atoms with Gasteiger partial charge in [-0.15, -0.1) is 11.3 Å². The number of ether oxygens (including phenoxy) is 1. The maximum Gasteiger partial charge on any atom is 0.224 e. The topological polar surface area (TPSA) is 84.8 Å². The van der Waals surface area contributed by atoms with E-state index in [4.69, 9.17) is 9.72 Å². The minimum atomic E-state index is 0.587. The Balaban J connectivity index is 0.00000113. The molecule has 0 aromatic carbocycles. The molecule has 0 saturated carbocycles. The second-order valence-corrected chi connectivity index (χ2v) is 7.94. The fourth-order valence-electron chi connectivity index (χ4n) is 2.56. The van der Waals surface area contributed by atoms with Gasteiger partial charge in [0, 0.05) is 26.4 Å². The predicted octanol–water partition coefficient (Wildman–Crippen LogP) is 7.11. The number of pyridine rings is 1. The van der Waals surface area contributed by atoms with E-state index in [1.165, 1.54) is 12.8 Å². The van der Waals surface area contributed by atoms with Crippen molar-refractivity contribution in [2.24, 2.45) is 0 Å². The minimum absolute atomic E-state index is 0.587. The number of hydrogen-bond acceptors (Lipinski definition) is 8. The van der Waals surface area contributed by atoms with Gasteiger partial charge in [0.1, 0.15) is 16.3 Å². The molecule has 0 saturated heterocycles. The molecule has 3 aromatic rings. The van der Waals surface area contributed by atoms with Crippen molar-refractivity contribution in [2.75, 3.05) is 37.4 Å². The molecule has 0 spiro atoms. The molecule has 0 fully saturated rings. The zero-order chi connectivity index (χ0) is 25.2. The Morgan fingerprint density at radius 3 is 2.12 bits per heavy atom. The van der Waals surface area contributed by atoms with Crippen molar-refractivity contribution in [3.63, 3.8) is 0 Å². The van der Waals surface area contributed by atoms with Crippen molar-refractivity contribution < 1.29 is 4.74 Å². The molecule has 3 rings (SSSR count). The Bertz CT molecular complexity index is 911. The third-order valence-corrected chi connectivity index (χ3v) is 4.80. The Kier molecular flexibility index (Phi) is 16.9. The molecule has 3 aromatic heterocycles. The first-order valence-electron chi connectivity index (χ1n) is 12.1. The molecule has 0 aliphatic rings. The Morgan fingerprint density at radius 2 is 1.58 bits per heavy atom. The molecule has 3 heterocycles. The van der Waals surface area contributed by atoms with Crippen LogP contribution in [0.25, 0.3) is 20.8 Å². The Hall–Kier alpha value is -2.32. The van der Waals surface area contributed by atoms with Gasteiger partial charge >= 0.3 is 0 Å². The van der Waals surface area contributed by atoms with Crippen LogP contribution in [0.4, 0.5) is 11.8 Å². The van der Waals surface area contributed by atoms with Gasteiger partial charge in [-0.05, 0) is 26.8 Å². The first kappa shape index (κ1) is 30.7. The smallest absolute Gasteiger partial charge is 0.224 e. The summed E-state index contributed by atoms with van der Waals surface area (Å²) in [5, 5.41) is 7.26. The van der Waals surface area contributed by atoms with Crippen LogP contribution in [0.3, 0.4) is 0 Å². The van der Waals surface area contributed by atoms with Crippen LogP contribution in [0.2, 0.25) is 0 Å². The standard InChI is InChI=1S/C17H22N6OS.2C3H8.C2H6/c1-5-24-9-8-20-17-21-10(2)13(15(18-4)23-17)16-22-14-11(3)19-7-6-12(14)25-16;2*1-3-2;1-2/h6-7H,5,8-9H2,1-4H3,(H2,18,20,21,23);2*3H2,1-2H3;1-2H3. The van der Waals surface area contributed by atoms with Gasteiger partial charge in [0.25, 0.3) is 0 Å². The molecular weight excluding hydrogens is 432 g/mol. The van der Waals surface area contributed by atoms with Crippen molar-refractivity contribution in [2.45, 2.75) is 75.2 Å². The minimum Gasteiger partial charge on any atom is -0.380 e. The second-order valence-electron chi connectivity index (χ2n) is 6.91. The highest BCUT2D eigenvalue weighted by Crippen LogP contribution is 2.36. The summed E-state index contributed by atoms with van der Waals surface area (Å²) in [5.74, 6) is 1.35. The third-order valence-electron chi connectivity index (χ3n) is 3.76. The monoisotopic (exact) mass is 476 g/mol. The van der Waals surface area contributed by atoms with Crippen molar-refractivity contribution >= 4 is 33.3 Å². The number of aryl methyl sites for hydroxylation is 2. The van der Waals surface area contributed by atoms with Crippen LogP contribution in [-0.4, -0.2) is 46.7 Å². The quantitative estimate of drug-likeness (QED) is 0.351. The summed E-state index contributed by atoms with van der Waals surface area (Å²) in [5.41, 5.74) is 3.67. The molecule has 186 valence electrons. The normalized spacial score (nSPS) is 9.64. The lowest BCUT2D eigenvalue weighted by molar-refractivity contribution is 0.158. The van der Waals surface area contributed by atoms with Gasteiger partial charge in [-0.25, -0.2) is 9.97 Å². The number of rotatable bonds is 7. The first-order chi connectivity index (χ1) is 16.0. The second kappa shape index (κ2) is 18.1. The Labute approximate surface area is 204 Å². The van der Waals surface area contributed by atoms with E-state index in [0.717, 1.165) is 38.0 Å². The fourth-order valence-corrected chi connectivity index (χ4v) is 3.67. The van der Waals surface area contributed by atoms with E-state index in [9.17, 15) is 0 Å². The molecule has 8 heteroatoms. The van der Waals surface area contributed by atoms with E-state index in [-0.39, 0.29) is 0 Å². The maximum absolute atomic E-state index is 5.33. The Morgan fingerprint density at radius 1 is 0.939 bits per heavy atom. The van der Waals surface area contributed by atoms with Crippen molar-refractivity contribution in [3.8, 4) is 10.6 Å². The average molecular weight is 477 g/mol. The molecule has 7 nitrogen and oxygen atoms in total. The predicted molar refractivity (Wildman–Crippen MR) is 146 cm³/mol. The number of nitrogens with zero attached hydrogens (tertiary/aromatic N) is 4. The van der Waals surface area contributed by atoms with E-state index in [1.807, 2.05) is 53.9 Å². The molecule has 0 atom stereocenters. The van der Waals surface area contributed by atoms with Gasteiger partial charge < -0.3 is 15.4 Å². The molecule has 0 amide bonds. The summed E-state index contributed by atoms with van der Waals surface area (Å²) in [7, 11) is 1.86. The van der Waals surface area contributed by atoms with E-state index in [2.05, 4.69) is 53.3 Å². The molecule has 33 heavy (non-hydrogen) atoms. The highest BCUT2D eigenvalue weighted by molar-refractivity contribution is 7.21. The number of thiazole rings is 1. The van der Waals surface area contributed by atoms with Crippen LogP contribution >= 0.6 is 11.3 Å². The molecular formula is C25H44N6OS. The summed E-state index contributed by atoms with van der Waals surface area (Å²) in [4.78, 5) is 18.2. The molecule has 0 radical (unpaired) electrons. The maximum atomic E-state index is 5.33. The summed E-state index contributed by atoms with van der Waals surface area (Å²) in [6.45, 7) is 20.4. The largest absolute Gasteiger partial charge is 0.380 e. The van der Waals surface area contributed by atoms with Gasteiger partial charge in [0.2, 0.25) is 5.95 Å². The molecule has 0 bridgehead atoms. The molecule has 2 N–H and O–H groups in total. The highest BCUT2D eigenvalue weighted by atomic mass is 32.1. The van der Waals surface area contributed by atoms with Crippen LogP contribution < -0.4 is 10.6 Å². The highest BCUT2D eigenvalue weighted by Gasteiger charge is 2.17. The number of fused-ring (bicyclic) bond motifs is 1. The van der Waals surface area contributed by atoms with E-state index in [0.29, 0.717) is 25.7 Å². The number of anilines is 2. The lowest BCUT2D eigenvalue weighted by atomic mass is 10.2. The van der Waals surface area contributed by atoms with Gasteiger partial charge in [-0.3, -0.25) is 4.98 Å². The number of aromatic nitrogens is 4. The van der Waals surface area contributed by atoms with Crippen molar-refractivity contribution in [1.29, 1.82) is 0 Å². The number of nitrogens with one attached hydrogen (secondary N) is 2. The summed E-state index contributed by atoms with van der Waals surface area (Å²) < 4.78 is 6.45. The molecule has 0 aliphatic heterocycles. The molecule has 0 unspecified atom stereocenters. The van der Waals surface area contributed by atoms with Crippen LogP contribution in [0.15, 0.2) is 12.3 Å². The van der Waals surface area contributed by atoms with E-state index >= 15 is 0 Å². The average Bonchev–Trinajstić information content (AvgIpc) is 3.24. The van der Waals surface area contributed by atoms with Crippen molar-refractivity contribution in [1.82, 2.24) is 19.9 Å². The van der Waals surface area contributed by atoms with Crippen LogP contribution in [-0.2, 0) is 4.74 Å². The molecule has 0 aliphatic carbocycles. The number of hydrogen-bond donors (Lipinski definition) is 2. The lowest BCUT2D eigenvalue weighted by Gasteiger charge is -2.12. The fraction of sp³-hybridized carbons (Fsp3) is 0.600. The van der Waals surface area contributed by atoms with Crippen LogP contribution in [0.1, 0.15) is 72.7 Å². The summed E-state index contributed by atoms with van der Waals surface area (Å²) >= 11 is 1.63. The van der Waals surface area contributed by atoms with Crippen LogP contribution in [0, 0.1) is 13.8 Å². The third kappa shape index (κ3) is 10.0. The summed E-state index contributed by atoms with van der Waals surface area (Å²) in [6.07, 6.45) is 4.31. The van der Waals surface area contributed by atoms with E-state index < -0.39 is 0 Å². The van der Waals surface area contributed by atoms with E-state index in [1.54, 1.807) is 11.3 Å². The zero-order valence-corrected chi connectivity index (χ0v) is 23.1. The van der Waals surface area contributed by atoms with Gasteiger partial charge in [-0.2, -0.15) is 4.98 Å². The van der Waals surface area contributed by atoms with Gasteiger partial charge in [0.15, 0.2) is 0 Å². The van der Waals surface area contributed by atoms with Crippen molar-refractivity contribution in [3.05, 3.63) is 23.7 Å². The zero-order valence-electron chi connectivity index (χ0n) is 22.3. The SMILES string of the molecule is CC.CCC.CCC.CCOCCNc1nc(C)c(-c2nc3c(C)nccc3s2)c(NC)n1. The lowest BCUT2D eigenvalue weighted by Crippen LogP contribution is -2.13.